The van der Waals surface area contributed by atoms with Gasteiger partial charge in [0.05, 0.1) is 0 Å². The van der Waals surface area contributed by atoms with E-state index in [2.05, 4.69) is 73.0 Å². The van der Waals surface area contributed by atoms with E-state index in [9.17, 15) is 0 Å². The molecule has 1 heteroatoms. The van der Waals surface area contributed by atoms with E-state index in [0.29, 0.717) is 0 Å². The van der Waals surface area contributed by atoms with Gasteiger partial charge in [0, 0.05) is 16.0 Å². The quantitative estimate of drug-likeness (QED) is 0.572. The lowest BCUT2D eigenvalue weighted by molar-refractivity contribution is 1.57. The smallest absolute Gasteiger partial charge is 0.00990 e. The first-order valence-corrected chi connectivity index (χ1v) is 6.93. The van der Waals surface area contributed by atoms with E-state index in [1.165, 1.54) is 27.1 Å². The maximum absolute atomic E-state index is 2.26. The molecule has 1 aromatic heterocycles. The monoisotopic (exact) mass is 250 g/mol. The summed E-state index contributed by atoms with van der Waals surface area (Å²) < 4.78 is 0. The number of thiophene rings is 1. The van der Waals surface area contributed by atoms with Gasteiger partial charge in [-0.3, -0.25) is 0 Å². The summed E-state index contributed by atoms with van der Waals surface area (Å²) in [5.41, 5.74) is 5.30. The first-order valence-electron chi connectivity index (χ1n) is 6.05. The predicted octanol–water partition coefficient (Wildman–Crippen LogP) is 5.39. The molecule has 0 spiro atoms. The molecule has 0 aliphatic heterocycles. The van der Waals surface area contributed by atoms with Crippen molar-refractivity contribution in [2.45, 2.75) is 6.92 Å². The van der Waals surface area contributed by atoms with Crippen molar-refractivity contribution < 1.29 is 0 Å². The third kappa shape index (κ3) is 1.98. The van der Waals surface area contributed by atoms with Crippen LogP contribution in [0.4, 0.5) is 0 Å². The van der Waals surface area contributed by atoms with Gasteiger partial charge in [-0.1, -0.05) is 60.7 Å². The van der Waals surface area contributed by atoms with Crippen molar-refractivity contribution in [2.75, 3.05) is 0 Å². The first-order chi connectivity index (χ1) is 8.86. The zero-order valence-corrected chi connectivity index (χ0v) is 11.1. The Morgan fingerprint density at radius 1 is 0.722 bits per heavy atom. The maximum atomic E-state index is 2.26. The Morgan fingerprint density at radius 3 is 1.89 bits per heavy atom. The molecule has 3 aromatic rings. The van der Waals surface area contributed by atoms with Gasteiger partial charge in [0.2, 0.25) is 0 Å². The highest BCUT2D eigenvalue weighted by Gasteiger charge is 2.11. The van der Waals surface area contributed by atoms with Crippen LogP contribution in [0.2, 0.25) is 0 Å². The van der Waals surface area contributed by atoms with Crippen LogP contribution in [0, 0.1) is 6.92 Å². The molecule has 0 radical (unpaired) electrons. The molecular weight excluding hydrogens is 236 g/mol. The second-order valence-electron chi connectivity index (χ2n) is 4.31. The fourth-order valence-corrected chi connectivity index (χ4v) is 3.14. The number of rotatable bonds is 2. The van der Waals surface area contributed by atoms with E-state index >= 15 is 0 Å². The standard InChI is InChI=1S/C17H14S/c1-13-17(15-10-6-3-7-11-15)16(12-18-13)14-8-4-2-5-9-14/h2-12H,1H3. The van der Waals surface area contributed by atoms with Crippen molar-refractivity contribution in [1.82, 2.24) is 0 Å². The molecule has 0 N–H and O–H groups in total. The number of benzene rings is 2. The fourth-order valence-electron chi connectivity index (χ4n) is 2.25. The SMILES string of the molecule is Cc1scc(-c2ccccc2)c1-c1ccccc1. The fraction of sp³-hybridized carbons (Fsp3) is 0.0588. The lowest BCUT2D eigenvalue weighted by Crippen LogP contribution is -1.81. The van der Waals surface area contributed by atoms with E-state index in [0.717, 1.165) is 0 Å². The van der Waals surface area contributed by atoms with Gasteiger partial charge in [0.25, 0.3) is 0 Å². The highest BCUT2D eigenvalue weighted by atomic mass is 32.1. The van der Waals surface area contributed by atoms with Gasteiger partial charge in [0.15, 0.2) is 0 Å². The third-order valence-electron chi connectivity index (χ3n) is 3.12. The minimum absolute atomic E-state index is 1.29. The lowest BCUT2D eigenvalue weighted by atomic mass is 9.97. The molecule has 0 bridgehead atoms. The number of hydrogen-bond donors (Lipinski definition) is 0. The van der Waals surface area contributed by atoms with E-state index in [-0.39, 0.29) is 0 Å². The minimum atomic E-state index is 1.29. The molecule has 18 heavy (non-hydrogen) atoms. The number of aryl methyl sites for hydroxylation is 1. The van der Waals surface area contributed by atoms with Gasteiger partial charge in [-0.2, -0.15) is 0 Å². The summed E-state index contributed by atoms with van der Waals surface area (Å²) in [6.07, 6.45) is 0. The summed E-state index contributed by atoms with van der Waals surface area (Å²) in [5.74, 6) is 0. The highest BCUT2D eigenvalue weighted by Crippen LogP contribution is 2.38. The van der Waals surface area contributed by atoms with Crippen LogP contribution < -0.4 is 0 Å². The van der Waals surface area contributed by atoms with Crippen molar-refractivity contribution in [3.05, 3.63) is 70.9 Å². The first kappa shape index (κ1) is 11.2. The van der Waals surface area contributed by atoms with Crippen LogP contribution in [-0.4, -0.2) is 0 Å². The third-order valence-corrected chi connectivity index (χ3v) is 4.03. The van der Waals surface area contributed by atoms with E-state index in [4.69, 9.17) is 0 Å². The molecule has 0 atom stereocenters. The molecule has 0 unspecified atom stereocenters. The van der Waals surface area contributed by atoms with Gasteiger partial charge < -0.3 is 0 Å². The van der Waals surface area contributed by atoms with E-state index in [1.807, 2.05) is 11.3 Å². The van der Waals surface area contributed by atoms with Crippen LogP contribution in [-0.2, 0) is 0 Å². The second kappa shape index (κ2) is 4.79. The average Bonchev–Trinajstić information content (AvgIpc) is 2.83. The molecule has 0 saturated heterocycles. The summed E-state index contributed by atoms with van der Waals surface area (Å²) in [7, 11) is 0. The Morgan fingerprint density at radius 2 is 1.28 bits per heavy atom. The van der Waals surface area contributed by atoms with E-state index < -0.39 is 0 Å². The van der Waals surface area contributed by atoms with Gasteiger partial charge in [0.1, 0.15) is 0 Å². The van der Waals surface area contributed by atoms with Gasteiger partial charge in [-0.05, 0) is 23.4 Å². The maximum Gasteiger partial charge on any atom is 0.00990 e. The summed E-state index contributed by atoms with van der Waals surface area (Å²) in [6, 6.07) is 21.2. The predicted molar refractivity (Wildman–Crippen MR) is 79.9 cm³/mol. The van der Waals surface area contributed by atoms with Crippen LogP contribution in [0.15, 0.2) is 66.0 Å². The summed E-state index contributed by atoms with van der Waals surface area (Å²) in [6.45, 7) is 2.19. The Kier molecular flexibility index (Phi) is 2.99. The van der Waals surface area contributed by atoms with Gasteiger partial charge >= 0.3 is 0 Å². The molecule has 0 fully saturated rings. The van der Waals surface area contributed by atoms with Crippen LogP contribution in [0.5, 0.6) is 0 Å². The van der Waals surface area contributed by atoms with Crippen LogP contribution >= 0.6 is 11.3 Å². The van der Waals surface area contributed by atoms with Crippen molar-refractivity contribution in [2.24, 2.45) is 0 Å². The van der Waals surface area contributed by atoms with E-state index in [1.54, 1.807) is 0 Å². The molecule has 3 rings (SSSR count). The van der Waals surface area contributed by atoms with Crippen molar-refractivity contribution in [1.29, 1.82) is 0 Å². The Bertz CT molecular complexity index is 636. The van der Waals surface area contributed by atoms with Gasteiger partial charge in [-0.15, -0.1) is 11.3 Å². The van der Waals surface area contributed by atoms with Crippen LogP contribution in [0.25, 0.3) is 22.3 Å². The van der Waals surface area contributed by atoms with Crippen LogP contribution in [0.1, 0.15) is 4.88 Å². The molecule has 88 valence electrons. The van der Waals surface area contributed by atoms with Gasteiger partial charge in [-0.25, -0.2) is 0 Å². The molecule has 1 heterocycles. The van der Waals surface area contributed by atoms with Crippen molar-refractivity contribution >= 4 is 11.3 Å². The zero-order chi connectivity index (χ0) is 12.4. The lowest BCUT2D eigenvalue weighted by Gasteiger charge is -2.06. The highest BCUT2D eigenvalue weighted by molar-refractivity contribution is 7.11. The average molecular weight is 250 g/mol. The summed E-state index contributed by atoms with van der Waals surface area (Å²) in [5, 5.41) is 2.26. The topological polar surface area (TPSA) is 0 Å². The molecule has 2 aromatic carbocycles. The molecule has 0 saturated carbocycles. The molecule has 0 nitrogen and oxygen atoms in total. The summed E-state index contributed by atoms with van der Waals surface area (Å²) in [4.78, 5) is 1.38. The summed E-state index contributed by atoms with van der Waals surface area (Å²) >= 11 is 1.82. The normalized spacial score (nSPS) is 10.5. The minimum Gasteiger partial charge on any atom is -0.148 e. The number of hydrogen-bond acceptors (Lipinski definition) is 1. The Balaban J connectivity index is 2.19. The second-order valence-corrected chi connectivity index (χ2v) is 5.40. The Hall–Kier alpha value is -1.86. The molecule has 0 amide bonds. The zero-order valence-electron chi connectivity index (χ0n) is 10.3. The molecule has 0 aliphatic carbocycles. The van der Waals surface area contributed by atoms with Crippen LogP contribution in [0.3, 0.4) is 0 Å². The van der Waals surface area contributed by atoms with Crippen molar-refractivity contribution in [3.8, 4) is 22.3 Å². The largest absolute Gasteiger partial charge is 0.148 e. The Labute approximate surface area is 112 Å². The molecule has 0 aliphatic rings. The molecular formula is C17H14S. The van der Waals surface area contributed by atoms with Crippen molar-refractivity contribution in [3.63, 3.8) is 0 Å².